The molecule has 2 rings (SSSR count). The summed E-state index contributed by atoms with van der Waals surface area (Å²) in [5.41, 5.74) is 0.706. The Morgan fingerprint density at radius 3 is 2.45 bits per heavy atom. The zero-order chi connectivity index (χ0) is 16.3. The Hall–Kier alpha value is -1.55. The lowest BCUT2D eigenvalue weighted by molar-refractivity contribution is -0.255. The highest BCUT2D eigenvalue weighted by molar-refractivity contribution is 5.74. The number of ether oxygens (including phenoxy) is 1. The van der Waals surface area contributed by atoms with E-state index in [1.807, 2.05) is 0 Å². The number of benzene rings is 1. The van der Waals surface area contributed by atoms with Crippen LogP contribution in [0.25, 0.3) is 0 Å². The maximum Gasteiger partial charge on any atom is 0.321 e. The smallest absolute Gasteiger partial charge is 0.321 e. The molecule has 0 bridgehead atoms. The van der Waals surface area contributed by atoms with Gasteiger partial charge in [-0.05, 0) is 12.0 Å². The average molecular weight is 313 g/mol. The lowest BCUT2D eigenvalue weighted by Crippen LogP contribution is -2.60. The summed E-state index contributed by atoms with van der Waals surface area (Å²) in [4.78, 5) is 11.4. The van der Waals surface area contributed by atoms with Crippen LogP contribution in [0.5, 0.6) is 0 Å². The minimum absolute atomic E-state index is 0.0362. The van der Waals surface area contributed by atoms with Crippen molar-refractivity contribution in [3.05, 3.63) is 35.9 Å². The van der Waals surface area contributed by atoms with Crippen LogP contribution in [-0.2, 0) is 16.0 Å². The van der Waals surface area contributed by atoms with Crippen molar-refractivity contribution in [3.63, 3.8) is 0 Å². The van der Waals surface area contributed by atoms with E-state index in [1.54, 1.807) is 30.3 Å². The van der Waals surface area contributed by atoms with Gasteiger partial charge >= 0.3 is 5.97 Å². The second-order valence-electron chi connectivity index (χ2n) is 5.20. The second kappa shape index (κ2) is 6.69. The molecule has 1 aliphatic rings. The fraction of sp³-hybridized carbons (Fsp3) is 0.500. The van der Waals surface area contributed by atoms with Crippen LogP contribution in [0.1, 0.15) is 5.56 Å². The van der Waals surface area contributed by atoms with Gasteiger partial charge in [0.2, 0.25) is 0 Å². The number of carboxylic acid groups (broad SMARTS) is 1. The van der Waals surface area contributed by atoms with E-state index in [0.29, 0.717) is 5.56 Å². The molecule has 122 valence electrons. The number of nitrogens with one attached hydrogen (secondary N) is 1. The largest absolute Gasteiger partial charge is 0.480 e. The monoisotopic (exact) mass is 313 g/mol. The molecule has 1 fully saturated rings. The molecule has 8 nitrogen and oxygen atoms in total. The highest BCUT2D eigenvalue weighted by Gasteiger charge is 2.54. The van der Waals surface area contributed by atoms with Gasteiger partial charge in [-0.15, -0.1) is 0 Å². The van der Waals surface area contributed by atoms with Crippen LogP contribution >= 0.6 is 0 Å². The number of aliphatic hydroxyl groups excluding tert-OH is 3. The van der Waals surface area contributed by atoms with Gasteiger partial charge in [0.25, 0.3) is 5.91 Å². The molecule has 6 N–H and O–H groups in total. The third kappa shape index (κ3) is 3.43. The van der Waals surface area contributed by atoms with Crippen molar-refractivity contribution in [1.82, 2.24) is 5.32 Å². The highest BCUT2D eigenvalue weighted by Crippen LogP contribution is 2.27. The van der Waals surface area contributed by atoms with Gasteiger partial charge in [-0.25, -0.2) is 0 Å². The van der Waals surface area contributed by atoms with Crippen LogP contribution in [-0.4, -0.2) is 68.4 Å². The first-order valence-electron chi connectivity index (χ1n) is 6.79. The maximum absolute atomic E-state index is 11.4. The van der Waals surface area contributed by atoms with E-state index < -0.39 is 42.8 Å². The Labute approximate surface area is 126 Å². The van der Waals surface area contributed by atoms with Gasteiger partial charge in [0.05, 0.1) is 6.61 Å². The summed E-state index contributed by atoms with van der Waals surface area (Å²) in [6.07, 6.45) is -4.50. The van der Waals surface area contributed by atoms with Gasteiger partial charge in [0.1, 0.15) is 18.2 Å². The van der Waals surface area contributed by atoms with E-state index in [-0.39, 0.29) is 6.42 Å². The van der Waals surface area contributed by atoms with Gasteiger partial charge in [-0.2, -0.15) is 0 Å². The number of aliphatic carboxylic acids is 1. The van der Waals surface area contributed by atoms with Crippen molar-refractivity contribution >= 4 is 5.97 Å². The first-order chi connectivity index (χ1) is 10.4. The van der Waals surface area contributed by atoms with Gasteiger partial charge in [0, 0.05) is 0 Å². The Morgan fingerprint density at radius 2 is 1.95 bits per heavy atom. The predicted octanol–water partition coefficient (Wildman–Crippen LogP) is -1.97. The molecule has 0 unspecified atom stereocenters. The molecule has 0 aliphatic carbocycles. The van der Waals surface area contributed by atoms with Crippen molar-refractivity contribution in [2.45, 2.75) is 36.7 Å². The minimum atomic E-state index is -2.45. The van der Waals surface area contributed by atoms with Crippen molar-refractivity contribution in [2.24, 2.45) is 0 Å². The quantitative estimate of drug-likeness (QED) is 0.332. The Bertz CT molecular complexity index is 511. The second-order valence-corrected chi connectivity index (χ2v) is 5.20. The molecule has 1 heterocycles. The van der Waals surface area contributed by atoms with Gasteiger partial charge in [0.15, 0.2) is 6.10 Å². The topological polar surface area (TPSA) is 139 Å². The lowest BCUT2D eigenvalue weighted by Gasteiger charge is -2.30. The molecular weight excluding hydrogens is 294 g/mol. The van der Waals surface area contributed by atoms with E-state index in [1.165, 1.54) is 0 Å². The molecule has 8 heteroatoms. The normalized spacial score (nSPS) is 32.8. The Kier molecular flexibility index (Phi) is 5.12. The van der Waals surface area contributed by atoms with Crippen molar-refractivity contribution in [1.29, 1.82) is 0 Å². The van der Waals surface area contributed by atoms with Crippen LogP contribution in [0.2, 0.25) is 0 Å². The van der Waals surface area contributed by atoms with E-state index >= 15 is 0 Å². The molecule has 5 atom stereocenters. The molecule has 22 heavy (non-hydrogen) atoms. The molecule has 0 spiro atoms. The first-order valence-corrected chi connectivity index (χ1v) is 6.79. The van der Waals surface area contributed by atoms with Crippen molar-refractivity contribution in [3.8, 4) is 0 Å². The average Bonchev–Trinajstić information content (AvgIpc) is 2.72. The number of carboxylic acids is 1. The van der Waals surface area contributed by atoms with Crippen LogP contribution < -0.4 is 5.32 Å². The molecular formula is C14H19NO7. The zero-order valence-corrected chi connectivity index (χ0v) is 11.7. The van der Waals surface area contributed by atoms with Gasteiger partial charge in [-0.3, -0.25) is 10.1 Å². The SMILES string of the molecule is O=C(O)[C@H](Cc1ccccc1)N[C@@]1(O)O[C@H](CO)[C@@H](O)[C@H]1O. The fourth-order valence-corrected chi connectivity index (χ4v) is 2.37. The van der Waals surface area contributed by atoms with Crippen LogP contribution in [0.15, 0.2) is 30.3 Å². The third-order valence-electron chi connectivity index (χ3n) is 3.58. The Morgan fingerprint density at radius 1 is 1.32 bits per heavy atom. The van der Waals surface area contributed by atoms with Gasteiger partial charge in [-0.1, -0.05) is 30.3 Å². The van der Waals surface area contributed by atoms with Crippen molar-refractivity contribution in [2.75, 3.05) is 6.61 Å². The van der Waals surface area contributed by atoms with E-state index in [4.69, 9.17) is 9.84 Å². The van der Waals surface area contributed by atoms with Gasteiger partial charge < -0.3 is 30.3 Å². The minimum Gasteiger partial charge on any atom is -0.480 e. The lowest BCUT2D eigenvalue weighted by atomic mass is 10.0. The van der Waals surface area contributed by atoms with Crippen LogP contribution in [0.4, 0.5) is 0 Å². The summed E-state index contributed by atoms with van der Waals surface area (Å²) in [6.45, 7) is -0.626. The summed E-state index contributed by atoms with van der Waals surface area (Å²) < 4.78 is 4.97. The number of carbonyl (C=O) groups is 1. The predicted molar refractivity (Wildman–Crippen MR) is 73.6 cm³/mol. The van der Waals surface area contributed by atoms with Crippen LogP contribution in [0, 0.1) is 0 Å². The van der Waals surface area contributed by atoms with Crippen LogP contribution in [0.3, 0.4) is 0 Å². The molecule has 0 saturated carbocycles. The first kappa shape index (κ1) is 16.8. The summed E-state index contributed by atoms with van der Waals surface area (Å²) in [6, 6.07) is 7.46. The number of rotatable bonds is 6. The zero-order valence-electron chi connectivity index (χ0n) is 11.7. The number of hydrogen-bond donors (Lipinski definition) is 6. The maximum atomic E-state index is 11.4. The summed E-state index contributed by atoms with van der Waals surface area (Å²) in [5, 5.41) is 50.3. The standard InChI is InChI=1S/C14H19NO7/c16-7-10-11(17)12(18)14(21,22-10)15-9(13(19)20)6-8-4-2-1-3-5-8/h1-5,9-12,15-18,21H,6-7H2,(H,19,20)/t9-,10+,11+,12+,14-/m0/s1. The highest BCUT2D eigenvalue weighted by atomic mass is 16.7. The van der Waals surface area contributed by atoms with E-state index in [0.717, 1.165) is 0 Å². The fourth-order valence-electron chi connectivity index (χ4n) is 2.37. The van der Waals surface area contributed by atoms with E-state index in [2.05, 4.69) is 5.32 Å². The Balaban J connectivity index is 2.12. The summed E-state index contributed by atoms with van der Waals surface area (Å²) >= 11 is 0. The molecule has 1 aromatic rings. The van der Waals surface area contributed by atoms with Crippen molar-refractivity contribution < 1.29 is 35.1 Å². The molecule has 0 aromatic heterocycles. The summed E-state index contributed by atoms with van der Waals surface area (Å²) in [7, 11) is 0. The number of hydrogen-bond acceptors (Lipinski definition) is 7. The molecule has 1 aliphatic heterocycles. The van der Waals surface area contributed by atoms with E-state index in [9.17, 15) is 25.2 Å². The number of aliphatic hydroxyl groups is 4. The molecule has 1 aromatic carbocycles. The molecule has 1 saturated heterocycles. The molecule has 0 amide bonds. The summed E-state index contributed by atoms with van der Waals surface area (Å²) in [5.74, 6) is -3.71. The third-order valence-corrected chi connectivity index (χ3v) is 3.58. The molecule has 0 radical (unpaired) electrons.